The zero-order valence-electron chi connectivity index (χ0n) is 11.2. The van der Waals surface area contributed by atoms with Crippen molar-refractivity contribution in [1.82, 2.24) is 0 Å². The largest absolute Gasteiger partial charge is 0.460 e. The van der Waals surface area contributed by atoms with Crippen molar-refractivity contribution < 1.29 is 14.3 Å². The van der Waals surface area contributed by atoms with Gasteiger partial charge < -0.3 is 16.2 Å². The first-order chi connectivity index (χ1) is 9.69. The third kappa shape index (κ3) is 5.73. The highest BCUT2D eigenvalue weighted by Gasteiger charge is 2.26. The normalized spacial score (nSPS) is 13.5. The molecule has 1 unspecified atom stereocenters. The van der Waals surface area contributed by atoms with Crippen molar-refractivity contribution in [2.75, 3.05) is 6.54 Å². The van der Waals surface area contributed by atoms with Gasteiger partial charge in [0.2, 0.25) is 0 Å². The number of ether oxygens (including phenoxy) is 1. The Labute approximate surface area is 123 Å². The fourth-order valence-corrected chi connectivity index (χ4v) is 2.43. The topological polar surface area (TPSA) is 95.4 Å². The molecule has 4 N–H and O–H groups in total. The molecular weight excluding hydrogens is 276 g/mol. The molecule has 0 bridgehead atoms. The Kier molecular flexibility index (Phi) is 7.94. The maximum absolute atomic E-state index is 11.9. The van der Waals surface area contributed by atoms with E-state index in [1.165, 1.54) is 0 Å². The van der Waals surface area contributed by atoms with Gasteiger partial charge in [-0.2, -0.15) is 0 Å². The fraction of sp³-hybridized carbons (Fsp3) is 0.429. The van der Waals surface area contributed by atoms with Crippen molar-refractivity contribution in [3.05, 3.63) is 35.9 Å². The standard InChI is InChI=1S/C14H20N2O3S/c15-8-4-7-12(20-10-17)13(16)14(18)19-9-11-5-2-1-3-6-11/h1-3,5-6,10,12-13H,4,7-9,15-16H2/t12?,13-/m0/s1. The Morgan fingerprint density at radius 3 is 2.65 bits per heavy atom. The Morgan fingerprint density at radius 1 is 1.35 bits per heavy atom. The summed E-state index contributed by atoms with van der Waals surface area (Å²) in [4.78, 5) is 22.5. The van der Waals surface area contributed by atoms with Crippen LogP contribution in [0.5, 0.6) is 0 Å². The highest BCUT2D eigenvalue weighted by Crippen LogP contribution is 2.17. The molecule has 1 aromatic rings. The van der Waals surface area contributed by atoms with E-state index in [1.54, 1.807) is 0 Å². The third-order valence-corrected chi connectivity index (χ3v) is 3.81. The summed E-state index contributed by atoms with van der Waals surface area (Å²) in [6, 6.07) is 8.54. The quantitative estimate of drug-likeness (QED) is 0.523. The van der Waals surface area contributed by atoms with Gasteiger partial charge in [0.05, 0.1) is 0 Å². The average molecular weight is 296 g/mol. The molecule has 0 fully saturated rings. The predicted octanol–water partition coefficient (Wildman–Crippen LogP) is 1.09. The van der Waals surface area contributed by atoms with Crippen LogP contribution in [0.25, 0.3) is 0 Å². The molecule has 5 nitrogen and oxygen atoms in total. The maximum atomic E-state index is 11.9. The van der Waals surface area contributed by atoms with Gasteiger partial charge in [-0.05, 0) is 24.9 Å². The van der Waals surface area contributed by atoms with E-state index >= 15 is 0 Å². The fourth-order valence-electron chi connectivity index (χ4n) is 1.70. The summed E-state index contributed by atoms with van der Waals surface area (Å²) >= 11 is 1.01. The van der Waals surface area contributed by atoms with Crippen molar-refractivity contribution in [2.45, 2.75) is 30.7 Å². The van der Waals surface area contributed by atoms with Crippen LogP contribution in [0.2, 0.25) is 0 Å². The van der Waals surface area contributed by atoms with Gasteiger partial charge >= 0.3 is 5.97 Å². The molecular formula is C14H20N2O3S. The van der Waals surface area contributed by atoms with Crippen LogP contribution in [-0.4, -0.2) is 29.4 Å². The predicted molar refractivity (Wildman–Crippen MR) is 80.6 cm³/mol. The average Bonchev–Trinajstić information content (AvgIpc) is 2.49. The van der Waals surface area contributed by atoms with Crippen molar-refractivity contribution >= 4 is 23.3 Å². The summed E-state index contributed by atoms with van der Waals surface area (Å²) in [5, 5.41) is -0.292. The summed E-state index contributed by atoms with van der Waals surface area (Å²) < 4.78 is 5.17. The molecule has 6 heteroatoms. The summed E-state index contributed by atoms with van der Waals surface area (Å²) in [7, 11) is 0. The van der Waals surface area contributed by atoms with E-state index in [9.17, 15) is 9.59 Å². The van der Waals surface area contributed by atoms with Crippen LogP contribution >= 0.6 is 11.8 Å². The van der Waals surface area contributed by atoms with E-state index in [2.05, 4.69) is 0 Å². The van der Waals surface area contributed by atoms with Gasteiger partial charge in [-0.3, -0.25) is 9.59 Å². The van der Waals surface area contributed by atoms with Crippen molar-refractivity contribution in [3.63, 3.8) is 0 Å². The van der Waals surface area contributed by atoms with Crippen LogP contribution in [0.1, 0.15) is 18.4 Å². The van der Waals surface area contributed by atoms with Crippen LogP contribution in [-0.2, 0) is 20.9 Å². The van der Waals surface area contributed by atoms with E-state index in [0.717, 1.165) is 17.3 Å². The molecule has 0 spiro atoms. The zero-order valence-corrected chi connectivity index (χ0v) is 12.1. The van der Waals surface area contributed by atoms with E-state index in [4.69, 9.17) is 16.2 Å². The molecule has 0 aliphatic rings. The van der Waals surface area contributed by atoms with Gasteiger partial charge in [-0.1, -0.05) is 42.1 Å². The first-order valence-corrected chi connectivity index (χ1v) is 7.38. The lowest BCUT2D eigenvalue weighted by Crippen LogP contribution is -2.41. The number of thioether (sulfide) groups is 1. The number of esters is 1. The molecule has 1 aromatic carbocycles. The van der Waals surface area contributed by atoms with E-state index in [-0.39, 0.29) is 11.9 Å². The number of hydrogen-bond acceptors (Lipinski definition) is 6. The van der Waals surface area contributed by atoms with Crippen LogP contribution in [0.15, 0.2) is 30.3 Å². The summed E-state index contributed by atoms with van der Waals surface area (Å²) in [5.74, 6) is -0.495. The second-order valence-corrected chi connectivity index (χ2v) is 5.39. The molecule has 0 aromatic heterocycles. The first kappa shape index (κ1) is 16.7. The Hall–Kier alpha value is -1.37. The van der Waals surface area contributed by atoms with Gasteiger partial charge in [0, 0.05) is 5.25 Å². The van der Waals surface area contributed by atoms with Crippen LogP contribution in [0.3, 0.4) is 0 Å². The smallest absolute Gasteiger partial charge is 0.324 e. The minimum absolute atomic E-state index is 0.183. The number of benzene rings is 1. The maximum Gasteiger partial charge on any atom is 0.324 e. The highest BCUT2D eigenvalue weighted by atomic mass is 32.2. The zero-order chi connectivity index (χ0) is 14.8. The number of carbonyl (C=O) groups excluding carboxylic acids is 2. The SMILES string of the molecule is NCCCC(SC=O)[C@H](N)C(=O)OCc1ccccc1. The lowest BCUT2D eigenvalue weighted by atomic mass is 10.1. The van der Waals surface area contributed by atoms with E-state index < -0.39 is 12.0 Å². The highest BCUT2D eigenvalue weighted by molar-refractivity contribution is 8.12. The van der Waals surface area contributed by atoms with E-state index in [0.29, 0.717) is 25.0 Å². The number of carbonyl (C=O) groups is 2. The number of nitrogens with two attached hydrogens (primary N) is 2. The van der Waals surface area contributed by atoms with Gasteiger partial charge in [-0.15, -0.1) is 0 Å². The van der Waals surface area contributed by atoms with Gasteiger partial charge in [-0.25, -0.2) is 0 Å². The molecule has 0 saturated carbocycles. The summed E-state index contributed by atoms with van der Waals surface area (Å²) in [6.07, 6.45) is 1.33. The Bertz CT molecular complexity index is 414. The molecule has 2 atom stereocenters. The molecule has 0 aliphatic heterocycles. The molecule has 20 heavy (non-hydrogen) atoms. The second-order valence-electron chi connectivity index (χ2n) is 4.32. The third-order valence-electron chi connectivity index (χ3n) is 2.82. The van der Waals surface area contributed by atoms with Crippen molar-refractivity contribution in [1.29, 1.82) is 0 Å². The van der Waals surface area contributed by atoms with Crippen LogP contribution < -0.4 is 11.5 Å². The van der Waals surface area contributed by atoms with Crippen molar-refractivity contribution in [3.8, 4) is 0 Å². The molecule has 0 aliphatic carbocycles. The molecule has 0 saturated heterocycles. The van der Waals surface area contributed by atoms with Crippen LogP contribution in [0, 0.1) is 0 Å². The minimum atomic E-state index is -0.819. The first-order valence-electron chi connectivity index (χ1n) is 6.44. The molecule has 1 rings (SSSR count). The lowest BCUT2D eigenvalue weighted by Gasteiger charge is -2.19. The second kappa shape index (κ2) is 9.52. The minimum Gasteiger partial charge on any atom is -0.460 e. The van der Waals surface area contributed by atoms with Crippen LogP contribution in [0.4, 0.5) is 0 Å². The lowest BCUT2D eigenvalue weighted by molar-refractivity contribution is -0.146. The van der Waals surface area contributed by atoms with Gasteiger partial charge in [0.1, 0.15) is 12.6 Å². The van der Waals surface area contributed by atoms with Crippen molar-refractivity contribution in [2.24, 2.45) is 11.5 Å². The molecule has 0 radical (unpaired) electrons. The summed E-state index contributed by atoms with van der Waals surface area (Å²) in [6.45, 7) is 0.685. The number of hydrogen-bond donors (Lipinski definition) is 2. The monoisotopic (exact) mass is 296 g/mol. The molecule has 0 heterocycles. The number of rotatable bonds is 9. The Balaban J connectivity index is 2.48. The Morgan fingerprint density at radius 2 is 2.05 bits per heavy atom. The molecule has 0 amide bonds. The summed E-state index contributed by atoms with van der Waals surface area (Å²) in [5.41, 5.74) is 12.9. The van der Waals surface area contributed by atoms with Gasteiger partial charge in [0.15, 0.2) is 5.62 Å². The molecule has 110 valence electrons. The van der Waals surface area contributed by atoms with E-state index in [1.807, 2.05) is 30.3 Å². The van der Waals surface area contributed by atoms with Gasteiger partial charge in [0.25, 0.3) is 0 Å².